The van der Waals surface area contributed by atoms with Crippen molar-refractivity contribution in [3.8, 4) is 5.75 Å². The summed E-state index contributed by atoms with van der Waals surface area (Å²) in [5.41, 5.74) is 6.77. The van der Waals surface area contributed by atoms with Crippen LogP contribution in [0, 0.1) is 11.8 Å². The van der Waals surface area contributed by atoms with Gasteiger partial charge in [0.15, 0.2) is 6.61 Å². The number of hydrogen-bond acceptors (Lipinski definition) is 4. The van der Waals surface area contributed by atoms with E-state index in [4.69, 9.17) is 10.5 Å². The quantitative estimate of drug-likeness (QED) is 0.718. The number of rotatable bonds is 8. The lowest BCUT2D eigenvalue weighted by molar-refractivity contribution is -0.132. The molecule has 1 saturated heterocycles. The fourth-order valence-electron chi connectivity index (χ4n) is 4.44. The van der Waals surface area contributed by atoms with Crippen LogP contribution in [0.15, 0.2) is 24.3 Å². The van der Waals surface area contributed by atoms with Crippen LogP contribution in [0.2, 0.25) is 0 Å². The second kappa shape index (κ2) is 9.92. The average Bonchev–Trinajstić information content (AvgIpc) is 3.42. The van der Waals surface area contributed by atoms with Gasteiger partial charge in [0.05, 0.1) is 6.04 Å². The highest BCUT2D eigenvalue weighted by atomic mass is 16.5. The van der Waals surface area contributed by atoms with E-state index in [-0.39, 0.29) is 36.3 Å². The third-order valence-electron chi connectivity index (χ3n) is 6.13. The normalized spacial score (nSPS) is 22.9. The Morgan fingerprint density at radius 3 is 2.68 bits per heavy atom. The van der Waals surface area contributed by atoms with Crippen molar-refractivity contribution in [1.29, 1.82) is 0 Å². The third-order valence-corrected chi connectivity index (χ3v) is 6.13. The van der Waals surface area contributed by atoms with E-state index < -0.39 is 0 Å². The van der Waals surface area contributed by atoms with Crippen LogP contribution in [0.3, 0.4) is 0 Å². The lowest BCUT2D eigenvalue weighted by Crippen LogP contribution is -2.37. The van der Waals surface area contributed by atoms with E-state index in [1.54, 1.807) is 0 Å². The number of ether oxygens (including phenoxy) is 1. The van der Waals surface area contributed by atoms with Crippen LogP contribution < -0.4 is 15.8 Å². The van der Waals surface area contributed by atoms with Crippen LogP contribution in [0.1, 0.15) is 57.1 Å². The number of nitrogens with one attached hydrogen (secondary N) is 1. The first kappa shape index (κ1) is 20.6. The molecule has 6 heteroatoms. The molecule has 2 aliphatic rings. The van der Waals surface area contributed by atoms with Crippen molar-refractivity contribution >= 4 is 11.8 Å². The molecule has 1 aromatic carbocycles. The Kier molecular flexibility index (Phi) is 7.31. The first-order chi connectivity index (χ1) is 13.6. The Bertz CT molecular complexity index is 673. The molecule has 1 unspecified atom stereocenters. The summed E-state index contributed by atoms with van der Waals surface area (Å²) in [4.78, 5) is 27.0. The van der Waals surface area contributed by atoms with Gasteiger partial charge >= 0.3 is 0 Å². The Balaban J connectivity index is 1.65. The number of carbonyl (C=O) groups is 2. The van der Waals surface area contributed by atoms with Crippen molar-refractivity contribution in [2.75, 3.05) is 26.2 Å². The molecule has 0 bridgehead atoms. The average molecular weight is 388 g/mol. The number of amides is 2. The van der Waals surface area contributed by atoms with E-state index >= 15 is 0 Å². The molecule has 1 aliphatic heterocycles. The van der Waals surface area contributed by atoms with Crippen molar-refractivity contribution in [3.63, 3.8) is 0 Å². The molecule has 28 heavy (non-hydrogen) atoms. The Labute approximate surface area is 167 Å². The van der Waals surface area contributed by atoms with Gasteiger partial charge in [-0.2, -0.15) is 0 Å². The molecular formula is C22H33N3O3. The predicted octanol–water partition coefficient (Wildman–Crippen LogP) is 2.63. The summed E-state index contributed by atoms with van der Waals surface area (Å²) >= 11 is 0. The number of benzene rings is 1. The lowest BCUT2D eigenvalue weighted by atomic mass is 9.94. The molecule has 0 radical (unpaired) electrons. The second-order valence-corrected chi connectivity index (χ2v) is 7.92. The van der Waals surface area contributed by atoms with Crippen molar-refractivity contribution in [2.45, 2.75) is 51.5 Å². The zero-order chi connectivity index (χ0) is 19.9. The monoisotopic (exact) mass is 387 g/mol. The molecule has 154 valence electrons. The Hall–Kier alpha value is -2.08. The maximum atomic E-state index is 12.8. The van der Waals surface area contributed by atoms with Crippen LogP contribution in [-0.2, 0) is 9.59 Å². The molecule has 2 amide bonds. The molecule has 3 N–H and O–H groups in total. The summed E-state index contributed by atoms with van der Waals surface area (Å²) in [7, 11) is 0. The number of para-hydroxylation sites is 1. The van der Waals surface area contributed by atoms with Crippen molar-refractivity contribution < 1.29 is 14.3 Å². The molecule has 1 saturated carbocycles. The Morgan fingerprint density at radius 1 is 1.21 bits per heavy atom. The Morgan fingerprint density at radius 2 is 1.96 bits per heavy atom. The minimum absolute atomic E-state index is 0.00359. The minimum atomic E-state index is -0.135. The van der Waals surface area contributed by atoms with Gasteiger partial charge in [-0.25, -0.2) is 0 Å². The van der Waals surface area contributed by atoms with Gasteiger partial charge in [0.1, 0.15) is 5.75 Å². The van der Waals surface area contributed by atoms with Crippen molar-refractivity contribution in [1.82, 2.24) is 10.2 Å². The first-order valence-corrected chi connectivity index (χ1v) is 10.6. The number of nitrogens with two attached hydrogens (primary N) is 1. The zero-order valence-electron chi connectivity index (χ0n) is 16.9. The topological polar surface area (TPSA) is 84.7 Å². The van der Waals surface area contributed by atoms with E-state index in [9.17, 15) is 9.59 Å². The van der Waals surface area contributed by atoms with Crippen LogP contribution in [0.4, 0.5) is 0 Å². The largest absolute Gasteiger partial charge is 0.483 e. The lowest BCUT2D eigenvalue weighted by Gasteiger charge is -2.24. The van der Waals surface area contributed by atoms with Gasteiger partial charge in [-0.05, 0) is 50.6 Å². The standard InChI is InChI=1S/C22H33N3O3/c1-2-19(24-22(27)17-10-7-8-16(17)14-23)18-9-3-4-11-20(18)28-15-21(26)25-12-5-6-13-25/h3-4,9,11,16-17,19H,2,5-8,10,12-15,23H2,1H3,(H,24,27)/t16-,17-,19?/m1/s1. The number of likely N-dealkylation sites (tertiary alicyclic amines) is 1. The number of hydrogen-bond donors (Lipinski definition) is 2. The fourth-order valence-corrected chi connectivity index (χ4v) is 4.44. The molecule has 1 aromatic rings. The van der Waals surface area contributed by atoms with Crippen LogP contribution in [0.5, 0.6) is 5.75 Å². The van der Waals surface area contributed by atoms with Crippen LogP contribution >= 0.6 is 0 Å². The zero-order valence-corrected chi connectivity index (χ0v) is 16.9. The van der Waals surface area contributed by atoms with E-state index in [0.717, 1.165) is 57.2 Å². The summed E-state index contributed by atoms with van der Waals surface area (Å²) < 4.78 is 5.88. The van der Waals surface area contributed by atoms with Crippen molar-refractivity contribution in [3.05, 3.63) is 29.8 Å². The SMILES string of the molecule is CCC(NC(=O)[C@@H]1CCC[C@@H]1CN)c1ccccc1OCC(=O)N1CCCC1. The third kappa shape index (κ3) is 4.85. The molecule has 3 rings (SSSR count). The maximum absolute atomic E-state index is 12.8. The van der Waals surface area contributed by atoms with Crippen molar-refractivity contribution in [2.24, 2.45) is 17.6 Å². The number of carbonyl (C=O) groups excluding carboxylic acids is 2. The van der Waals surface area contributed by atoms with Gasteiger partial charge in [-0.1, -0.05) is 31.5 Å². The van der Waals surface area contributed by atoms with Gasteiger partial charge in [-0.3, -0.25) is 9.59 Å². The molecule has 1 heterocycles. The minimum Gasteiger partial charge on any atom is -0.483 e. The summed E-state index contributed by atoms with van der Waals surface area (Å²) in [5, 5.41) is 3.20. The van der Waals surface area contributed by atoms with E-state index in [1.165, 1.54) is 0 Å². The van der Waals surface area contributed by atoms with Gasteiger partial charge in [0, 0.05) is 24.6 Å². The van der Waals surface area contributed by atoms with Crippen LogP contribution in [-0.4, -0.2) is 43.0 Å². The smallest absolute Gasteiger partial charge is 0.260 e. The summed E-state index contributed by atoms with van der Waals surface area (Å²) in [5.74, 6) is 1.07. The highest BCUT2D eigenvalue weighted by Crippen LogP contribution is 2.33. The highest BCUT2D eigenvalue weighted by molar-refractivity contribution is 5.80. The molecule has 1 aliphatic carbocycles. The first-order valence-electron chi connectivity index (χ1n) is 10.6. The molecule has 2 fully saturated rings. The highest BCUT2D eigenvalue weighted by Gasteiger charge is 2.33. The van der Waals surface area contributed by atoms with Gasteiger partial charge in [0.25, 0.3) is 5.91 Å². The maximum Gasteiger partial charge on any atom is 0.260 e. The molecular weight excluding hydrogens is 354 g/mol. The molecule has 0 aromatic heterocycles. The molecule has 6 nitrogen and oxygen atoms in total. The van der Waals surface area contributed by atoms with E-state index in [1.807, 2.05) is 36.1 Å². The van der Waals surface area contributed by atoms with E-state index in [2.05, 4.69) is 5.32 Å². The predicted molar refractivity (Wildman–Crippen MR) is 109 cm³/mol. The fraction of sp³-hybridized carbons (Fsp3) is 0.636. The summed E-state index contributed by atoms with van der Waals surface area (Å²) in [6, 6.07) is 7.55. The van der Waals surface area contributed by atoms with Crippen LogP contribution in [0.25, 0.3) is 0 Å². The second-order valence-electron chi connectivity index (χ2n) is 7.92. The van der Waals surface area contributed by atoms with E-state index in [0.29, 0.717) is 12.3 Å². The summed E-state index contributed by atoms with van der Waals surface area (Å²) in [6.45, 7) is 4.29. The summed E-state index contributed by atoms with van der Waals surface area (Å²) in [6.07, 6.45) is 5.89. The van der Waals surface area contributed by atoms with Gasteiger partial charge in [0.2, 0.25) is 5.91 Å². The molecule has 0 spiro atoms. The number of nitrogens with zero attached hydrogens (tertiary/aromatic N) is 1. The molecule has 3 atom stereocenters. The van der Waals surface area contributed by atoms with Gasteiger partial charge in [-0.15, -0.1) is 0 Å². The van der Waals surface area contributed by atoms with Gasteiger partial charge < -0.3 is 20.7 Å².